The maximum Gasteiger partial charge on any atom is 0.573 e. The molecule has 6 nitrogen and oxygen atoms in total. The number of benzene rings is 1. The highest BCUT2D eigenvalue weighted by molar-refractivity contribution is 5.71. The number of pyridine rings is 2. The second-order valence-electron chi connectivity index (χ2n) is 9.93. The topological polar surface area (TPSA) is 69.9 Å². The molecule has 1 aromatic carbocycles. The van der Waals surface area contributed by atoms with Gasteiger partial charge in [-0.2, -0.15) is 0 Å². The van der Waals surface area contributed by atoms with E-state index in [-0.39, 0.29) is 41.1 Å². The summed E-state index contributed by atoms with van der Waals surface area (Å²) in [7, 11) is 0. The molecule has 1 aliphatic rings. The molecule has 0 spiro atoms. The zero-order valence-electron chi connectivity index (χ0n) is 21.6. The van der Waals surface area contributed by atoms with Crippen molar-refractivity contribution in [2.24, 2.45) is 0 Å². The van der Waals surface area contributed by atoms with Gasteiger partial charge in [0.1, 0.15) is 17.0 Å². The Kier molecular flexibility index (Phi) is 7.38. The highest BCUT2D eigenvalue weighted by atomic mass is 19.4. The molecular formula is C29H28F4N4O2. The van der Waals surface area contributed by atoms with Crippen LogP contribution in [0.1, 0.15) is 72.5 Å². The molecule has 0 bridgehead atoms. The van der Waals surface area contributed by atoms with Crippen molar-refractivity contribution in [3.05, 3.63) is 93.0 Å². The normalized spacial score (nSPS) is 17.9. The zero-order valence-corrected chi connectivity index (χ0v) is 21.6. The molecule has 0 saturated heterocycles. The number of fused-ring (bicyclic) bond motifs is 1. The number of halogens is 4. The number of aryl methyl sites for hydroxylation is 2. The summed E-state index contributed by atoms with van der Waals surface area (Å²) in [5.74, 6) is -0.721. The van der Waals surface area contributed by atoms with Crippen LogP contribution in [0.5, 0.6) is 5.75 Å². The minimum Gasteiger partial charge on any atom is -0.404 e. The summed E-state index contributed by atoms with van der Waals surface area (Å²) in [6.07, 6.45) is 1.42. The molecule has 204 valence electrons. The Morgan fingerprint density at radius 3 is 2.49 bits per heavy atom. The van der Waals surface area contributed by atoms with Gasteiger partial charge in [-0.15, -0.1) is 13.2 Å². The van der Waals surface area contributed by atoms with E-state index in [1.54, 1.807) is 18.3 Å². The van der Waals surface area contributed by atoms with E-state index in [0.717, 1.165) is 16.8 Å². The fourth-order valence-corrected chi connectivity index (χ4v) is 5.58. The molecular weight excluding hydrogens is 512 g/mol. The predicted octanol–water partition coefficient (Wildman–Crippen LogP) is 6.58. The molecule has 1 fully saturated rings. The van der Waals surface area contributed by atoms with E-state index in [4.69, 9.17) is 0 Å². The first-order valence-electron chi connectivity index (χ1n) is 13.0. The molecule has 1 aliphatic carbocycles. The smallest absolute Gasteiger partial charge is 0.404 e. The van der Waals surface area contributed by atoms with Crippen molar-refractivity contribution >= 4 is 11.2 Å². The molecule has 1 saturated carbocycles. The van der Waals surface area contributed by atoms with Crippen LogP contribution in [-0.4, -0.2) is 25.9 Å². The molecule has 10 heteroatoms. The third kappa shape index (κ3) is 5.65. The Bertz CT molecular complexity index is 1540. The summed E-state index contributed by atoms with van der Waals surface area (Å²) in [4.78, 5) is 27.0. The summed E-state index contributed by atoms with van der Waals surface area (Å²) in [6, 6.07) is 9.35. The van der Waals surface area contributed by atoms with Gasteiger partial charge in [0.05, 0.1) is 18.4 Å². The Balaban J connectivity index is 1.52. The van der Waals surface area contributed by atoms with Crippen molar-refractivity contribution in [2.45, 2.75) is 70.7 Å². The van der Waals surface area contributed by atoms with Gasteiger partial charge in [-0.1, -0.05) is 19.1 Å². The van der Waals surface area contributed by atoms with Crippen LogP contribution in [0.4, 0.5) is 17.6 Å². The van der Waals surface area contributed by atoms with Gasteiger partial charge >= 0.3 is 6.36 Å². The zero-order chi connectivity index (χ0) is 27.7. The standard InChI is InChI=1S/C29H28F4N4O2/c1-3-20-15-35-27-23(36-20)14-21(18-9-11-19(12-10-18)26-17(2)6-4-7-22(26)30)28(38)37(27)16-24-25(8-5-13-34-24)39-29(31,32)33/h4-8,13-15,18-19H,3,9-12,16H2,1-2H3/t18-,19-. The molecule has 0 radical (unpaired) electrons. The molecule has 39 heavy (non-hydrogen) atoms. The number of hydrogen-bond donors (Lipinski definition) is 0. The summed E-state index contributed by atoms with van der Waals surface area (Å²) in [5.41, 5.74) is 3.27. The summed E-state index contributed by atoms with van der Waals surface area (Å²) >= 11 is 0. The lowest BCUT2D eigenvalue weighted by atomic mass is 9.75. The first kappa shape index (κ1) is 26.8. The first-order chi connectivity index (χ1) is 18.6. The monoisotopic (exact) mass is 540 g/mol. The van der Waals surface area contributed by atoms with Crippen molar-refractivity contribution in [2.75, 3.05) is 0 Å². The third-order valence-corrected chi connectivity index (χ3v) is 7.46. The summed E-state index contributed by atoms with van der Waals surface area (Å²) < 4.78 is 59.2. The fraction of sp³-hybridized carbons (Fsp3) is 0.379. The Morgan fingerprint density at radius 1 is 1.05 bits per heavy atom. The SMILES string of the molecule is CCc1cnc2c(cc([C@H]3CC[C@H](c4c(C)cccc4F)CC3)c(=O)n2Cc2ncccc2OC(F)(F)F)n1. The van der Waals surface area contributed by atoms with Gasteiger partial charge in [0.2, 0.25) is 0 Å². The Labute approximate surface area is 222 Å². The lowest BCUT2D eigenvalue weighted by molar-refractivity contribution is -0.275. The average Bonchev–Trinajstić information content (AvgIpc) is 2.90. The van der Waals surface area contributed by atoms with Gasteiger partial charge < -0.3 is 4.74 Å². The van der Waals surface area contributed by atoms with Crippen molar-refractivity contribution in [1.29, 1.82) is 0 Å². The lowest BCUT2D eigenvalue weighted by Gasteiger charge is -2.30. The van der Waals surface area contributed by atoms with Crippen LogP contribution >= 0.6 is 0 Å². The van der Waals surface area contributed by atoms with Crippen LogP contribution in [-0.2, 0) is 13.0 Å². The molecule has 0 unspecified atom stereocenters. The number of alkyl halides is 3. The van der Waals surface area contributed by atoms with Crippen LogP contribution in [0.2, 0.25) is 0 Å². The Hall–Kier alpha value is -3.82. The minimum absolute atomic E-state index is 0.0459. The molecule has 5 rings (SSSR count). The predicted molar refractivity (Wildman–Crippen MR) is 138 cm³/mol. The minimum atomic E-state index is -4.91. The van der Waals surface area contributed by atoms with E-state index in [1.165, 1.54) is 29.0 Å². The van der Waals surface area contributed by atoms with Gasteiger partial charge in [-0.3, -0.25) is 14.3 Å². The average molecular weight is 541 g/mol. The maximum absolute atomic E-state index is 14.6. The van der Waals surface area contributed by atoms with Gasteiger partial charge in [0, 0.05) is 11.8 Å². The van der Waals surface area contributed by atoms with Gasteiger partial charge in [0.25, 0.3) is 5.56 Å². The maximum atomic E-state index is 14.6. The van der Waals surface area contributed by atoms with Crippen molar-refractivity contribution in [3.8, 4) is 5.75 Å². The molecule has 0 atom stereocenters. The third-order valence-electron chi connectivity index (χ3n) is 7.46. The van der Waals surface area contributed by atoms with Crippen LogP contribution < -0.4 is 10.3 Å². The second kappa shape index (κ2) is 10.7. The quantitative estimate of drug-likeness (QED) is 0.258. The summed E-state index contributed by atoms with van der Waals surface area (Å²) in [5, 5.41) is 0. The van der Waals surface area contributed by atoms with E-state index in [0.29, 0.717) is 43.2 Å². The number of nitrogens with zero attached hydrogens (tertiary/aromatic N) is 4. The lowest BCUT2D eigenvalue weighted by Crippen LogP contribution is -2.29. The Morgan fingerprint density at radius 2 is 1.79 bits per heavy atom. The molecule has 3 aromatic heterocycles. The van der Waals surface area contributed by atoms with Gasteiger partial charge in [-0.25, -0.2) is 14.4 Å². The van der Waals surface area contributed by atoms with E-state index in [1.807, 2.05) is 19.9 Å². The van der Waals surface area contributed by atoms with Crippen LogP contribution in [0.3, 0.4) is 0 Å². The van der Waals surface area contributed by atoms with E-state index in [9.17, 15) is 22.4 Å². The van der Waals surface area contributed by atoms with Gasteiger partial charge in [-0.05, 0) is 86.3 Å². The van der Waals surface area contributed by atoms with Crippen LogP contribution in [0.25, 0.3) is 11.2 Å². The van der Waals surface area contributed by atoms with Crippen molar-refractivity contribution < 1.29 is 22.3 Å². The van der Waals surface area contributed by atoms with E-state index >= 15 is 0 Å². The highest BCUT2D eigenvalue weighted by Crippen LogP contribution is 2.41. The number of ether oxygens (including phenoxy) is 1. The molecule has 0 N–H and O–H groups in total. The summed E-state index contributed by atoms with van der Waals surface area (Å²) in [6.45, 7) is 3.58. The van der Waals surface area contributed by atoms with Gasteiger partial charge in [0.15, 0.2) is 11.4 Å². The molecule has 0 amide bonds. The van der Waals surface area contributed by atoms with Crippen LogP contribution in [0, 0.1) is 12.7 Å². The number of aromatic nitrogens is 4. The van der Waals surface area contributed by atoms with E-state index in [2.05, 4.69) is 19.7 Å². The molecule has 4 aromatic rings. The fourth-order valence-electron chi connectivity index (χ4n) is 5.58. The highest BCUT2D eigenvalue weighted by Gasteiger charge is 2.33. The van der Waals surface area contributed by atoms with Crippen LogP contribution in [0.15, 0.2) is 53.6 Å². The number of rotatable bonds is 6. The number of hydrogen-bond acceptors (Lipinski definition) is 5. The van der Waals surface area contributed by atoms with E-state index < -0.39 is 12.1 Å². The molecule has 0 aliphatic heterocycles. The first-order valence-corrected chi connectivity index (χ1v) is 13.0. The van der Waals surface area contributed by atoms with Crippen molar-refractivity contribution in [1.82, 2.24) is 19.5 Å². The molecule has 3 heterocycles. The second-order valence-corrected chi connectivity index (χ2v) is 9.93. The largest absolute Gasteiger partial charge is 0.573 e. The van der Waals surface area contributed by atoms with Crippen molar-refractivity contribution in [3.63, 3.8) is 0 Å².